The number of benzene rings is 1. The number of anilines is 1. The predicted molar refractivity (Wildman–Crippen MR) is 65.0 cm³/mol. The first kappa shape index (κ1) is 10.5. The summed E-state index contributed by atoms with van der Waals surface area (Å²) in [6, 6.07) is 9.13. The molecule has 2 nitrogen and oxygen atoms in total. The van der Waals surface area contributed by atoms with Crippen LogP contribution in [0, 0.1) is 5.92 Å². The molecular weight excluding hydrogens is 184 g/mol. The second-order valence-electron chi connectivity index (χ2n) is 4.41. The quantitative estimate of drug-likeness (QED) is 0.774. The van der Waals surface area contributed by atoms with E-state index in [0.29, 0.717) is 6.04 Å². The van der Waals surface area contributed by atoms with E-state index in [9.17, 15) is 0 Å². The Morgan fingerprint density at radius 1 is 1.40 bits per heavy atom. The minimum absolute atomic E-state index is 0.586. The lowest BCUT2D eigenvalue weighted by Crippen LogP contribution is -2.38. The molecular formula is C13H20N2. The summed E-state index contributed by atoms with van der Waals surface area (Å²) in [5.41, 5.74) is 2.67. The van der Waals surface area contributed by atoms with Crippen molar-refractivity contribution in [3.8, 4) is 0 Å². The number of rotatable bonds is 2. The van der Waals surface area contributed by atoms with Crippen LogP contribution in [0.5, 0.6) is 0 Å². The molecule has 0 saturated heterocycles. The zero-order valence-corrected chi connectivity index (χ0v) is 9.59. The van der Waals surface area contributed by atoms with Crippen molar-refractivity contribution in [1.29, 1.82) is 0 Å². The molecule has 2 N–H and O–H groups in total. The van der Waals surface area contributed by atoms with Crippen LogP contribution in [0.15, 0.2) is 24.3 Å². The lowest BCUT2D eigenvalue weighted by molar-refractivity contribution is 0.383. The fourth-order valence-corrected chi connectivity index (χ4v) is 2.07. The highest BCUT2D eigenvalue weighted by atomic mass is 15.0. The van der Waals surface area contributed by atoms with Crippen molar-refractivity contribution in [2.45, 2.75) is 32.9 Å². The highest BCUT2D eigenvalue weighted by Gasteiger charge is 2.18. The molecule has 82 valence electrons. The van der Waals surface area contributed by atoms with Crippen LogP contribution in [0.3, 0.4) is 0 Å². The van der Waals surface area contributed by atoms with Crippen LogP contribution in [0.25, 0.3) is 0 Å². The summed E-state index contributed by atoms with van der Waals surface area (Å²) >= 11 is 0. The molecule has 1 aliphatic heterocycles. The predicted octanol–water partition coefficient (Wildman–Crippen LogP) is 2.62. The lowest BCUT2D eigenvalue weighted by Gasteiger charge is -2.22. The molecule has 0 bridgehead atoms. The van der Waals surface area contributed by atoms with E-state index in [4.69, 9.17) is 0 Å². The molecule has 0 spiro atoms. The van der Waals surface area contributed by atoms with E-state index in [0.717, 1.165) is 19.0 Å². The van der Waals surface area contributed by atoms with Crippen molar-refractivity contribution in [3.05, 3.63) is 29.8 Å². The largest absolute Gasteiger partial charge is 0.383 e. The highest BCUT2D eigenvalue weighted by Crippen LogP contribution is 2.19. The van der Waals surface area contributed by atoms with Crippen LogP contribution < -0.4 is 10.6 Å². The molecule has 2 heteroatoms. The van der Waals surface area contributed by atoms with Crippen molar-refractivity contribution >= 4 is 5.69 Å². The van der Waals surface area contributed by atoms with Gasteiger partial charge in [-0.1, -0.05) is 38.5 Å². The fraction of sp³-hybridized carbons (Fsp3) is 0.538. The van der Waals surface area contributed by atoms with Gasteiger partial charge in [-0.15, -0.1) is 0 Å². The van der Waals surface area contributed by atoms with E-state index in [1.807, 2.05) is 0 Å². The van der Waals surface area contributed by atoms with Gasteiger partial charge >= 0.3 is 0 Å². The molecule has 1 heterocycles. The Morgan fingerprint density at radius 3 is 3.00 bits per heavy atom. The van der Waals surface area contributed by atoms with Gasteiger partial charge < -0.3 is 10.6 Å². The Morgan fingerprint density at radius 2 is 2.20 bits per heavy atom. The Bertz CT molecular complexity index is 295. The SMILES string of the molecule is CCC(C)C1CNc2ccccc2CN1. The van der Waals surface area contributed by atoms with Crippen LogP contribution in [0.2, 0.25) is 0 Å². The number of hydrogen-bond donors (Lipinski definition) is 2. The number of nitrogens with one attached hydrogen (secondary N) is 2. The second-order valence-corrected chi connectivity index (χ2v) is 4.41. The van der Waals surface area contributed by atoms with Crippen LogP contribution in [0.1, 0.15) is 25.8 Å². The van der Waals surface area contributed by atoms with Crippen molar-refractivity contribution in [2.24, 2.45) is 5.92 Å². The van der Waals surface area contributed by atoms with E-state index >= 15 is 0 Å². The van der Waals surface area contributed by atoms with Crippen molar-refractivity contribution in [2.75, 3.05) is 11.9 Å². The summed E-state index contributed by atoms with van der Waals surface area (Å²) in [5.74, 6) is 0.729. The summed E-state index contributed by atoms with van der Waals surface area (Å²) in [6.07, 6.45) is 1.23. The van der Waals surface area contributed by atoms with Crippen LogP contribution in [-0.2, 0) is 6.54 Å². The van der Waals surface area contributed by atoms with Gasteiger partial charge in [0, 0.05) is 24.8 Å². The number of fused-ring (bicyclic) bond motifs is 1. The van der Waals surface area contributed by atoms with Crippen LogP contribution >= 0.6 is 0 Å². The molecule has 1 aromatic carbocycles. The normalized spacial score (nSPS) is 22.4. The molecule has 2 unspecified atom stereocenters. The van der Waals surface area contributed by atoms with Gasteiger partial charge in [0.2, 0.25) is 0 Å². The van der Waals surface area contributed by atoms with E-state index in [1.54, 1.807) is 0 Å². The smallest absolute Gasteiger partial charge is 0.0386 e. The van der Waals surface area contributed by atoms with E-state index in [2.05, 4.69) is 48.7 Å². The molecule has 0 radical (unpaired) electrons. The standard InChI is InChI=1S/C13H20N2/c1-3-10(2)13-9-15-12-7-5-4-6-11(12)8-14-13/h4-7,10,13-15H,3,8-9H2,1-2H3. The van der Waals surface area contributed by atoms with Gasteiger partial charge in [0.1, 0.15) is 0 Å². The Balaban J connectivity index is 2.08. The van der Waals surface area contributed by atoms with E-state index in [1.165, 1.54) is 17.7 Å². The molecule has 15 heavy (non-hydrogen) atoms. The number of hydrogen-bond acceptors (Lipinski definition) is 2. The average Bonchev–Trinajstić information content (AvgIpc) is 2.50. The summed E-state index contributed by atoms with van der Waals surface area (Å²) in [5, 5.41) is 7.15. The van der Waals surface area contributed by atoms with Crippen molar-refractivity contribution in [1.82, 2.24) is 5.32 Å². The second kappa shape index (κ2) is 4.67. The first-order valence-electron chi connectivity index (χ1n) is 5.86. The zero-order chi connectivity index (χ0) is 10.7. The topological polar surface area (TPSA) is 24.1 Å². The minimum Gasteiger partial charge on any atom is -0.383 e. The molecule has 1 aliphatic rings. The molecule has 0 aliphatic carbocycles. The van der Waals surface area contributed by atoms with Crippen LogP contribution in [-0.4, -0.2) is 12.6 Å². The van der Waals surface area contributed by atoms with Gasteiger partial charge in [-0.05, 0) is 17.5 Å². The van der Waals surface area contributed by atoms with Gasteiger partial charge in [0.05, 0.1) is 0 Å². The Kier molecular flexibility index (Phi) is 3.27. The van der Waals surface area contributed by atoms with Crippen LogP contribution in [0.4, 0.5) is 5.69 Å². The third kappa shape index (κ3) is 2.32. The summed E-state index contributed by atoms with van der Waals surface area (Å²) in [7, 11) is 0. The Hall–Kier alpha value is -1.02. The van der Waals surface area contributed by atoms with E-state index in [-0.39, 0.29) is 0 Å². The maximum atomic E-state index is 3.63. The Labute approximate surface area is 92.1 Å². The molecule has 1 aromatic rings. The van der Waals surface area contributed by atoms with Gasteiger partial charge in [0.25, 0.3) is 0 Å². The minimum atomic E-state index is 0.586. The molecule has 0 saturated carbocycles. The van der Waals surface area contributed by atoms with Gasteiger partial charge in [-0.25, -0.2) is 0 Å². The third-order valence-corrected chi connectivity index (χ3v) is 3.42. The molecule has 2 atom stereocenters. The average molecular weight is 204 g/mol. The first-order valence-corrected chi connectivity index (χ1v) is 5.86. The maximum Gasteiger partial charge on any atom is 0.0386 e. The number of para-hydroxylation sites is 1. The highest BCUT2D eigenvalue weighted by molar-refractivity contribution is 5.51. The fourth-order valence-electron chi connectivity index (χ4n) is 2.07. The summed E-state index contributed by atoms with van der Waals surface area (Å²) in [4.78, 5) is 0. The first-order chi connectivity index (χ1) is 7.31. The zero-order valence-electron chi connectivity index (χ0n) is 9.59. The van der Waals surface area contributed by atoms with Crippen molar-refractivity contribution in [3.63, 3.8) is 0 Å². The molecule has 0 fully saturated rings. The molecule has 0 amide bonds. The van der Waals surface area contributed by atoms with Crippen molar-refractivity contribution < 1.29 is 0 Å². The third-order valence-electron chi connectivity index (χ3n) is 3.42. The summed E-state index contributed by atoms with van der Waals surface area (Å²) in [6.45, 7) is 6.59. The van der Waals surface area contributed by atoms with Gasteiger partial charge in [-0.3, -0.25) is 0 Å². The lowest BCUT2D eigenvalue weighted by atomic mass is 9.99. The van der Waals surface area contributed by atoms with E-state index < -0.39 is 0 Å². The van der Waals surface area contributed by atoms with Gasteiger partial charge in [0.15, 0.2) is 0 Å². The van der Waals surface area contributed by atoms with Gasteiger partial charge in [-0.2, -0.15) is 0 Å². The monoisotopic (exact) mass is 204 g/mol. The molecule has 2 rings (SSSR count). The maximum absolute atomic E-state index is 3.63. The summed E-state index contributed by atoms with van der Waals surface area (Å²) < 4.78 is 0. The molecule has 0 aromatic heterocycles.